The number of benzene rings is 2. The largest absolute Gasteiger partial charge is 0.452 e. The summed E-state index contributed by atoms with van der Waals surface area (Å²) in [6, 6.07) is 7.70. The van der Waals surface area contributed by atoms with E-state index in [0.29, 0.717) is 21.9 Å². The lowest BCUT2D eigenvalue weighted by Gasteiger charge is -2.10. The van der Waals surface area contributed by atoms with Crippen molar-refractivity contribution in [1.29, 1.82) is 5.26 Å². The number of aryl methyl sites for hydroxylation is 1. The van der Waals surface area contributed by atoms with E-state index in [-0.39, 0.29) is 33.7 Å². The maximum atomic E-state index is 14.9. The first-order valence-corrected chi connectivity index (χ1v) is 8.29. The van der Waals surface area contributed by atoms with Crippen LogP contribution in [0.15, 0.2) is 34.7 Å². The molecule has 0 atom stereocenters. The molecule has 2 aromatic carbocycles. The molecule has 134 valence electrons. The fraction of sp³-hybridized carbons (Fsp3) is 0.217. The van der Waals surface area contributed by atoms with Gasteiger partial charge in [0, 0.05) is 37.5 Å². The molecule has 0 spiro atoms. The Morgan fingerprint density at radius 3 is 2.56 bits per heavy atom. The Morgan fingerprint density at radius 1 is 1.11 bits per heavy atom. The number of furan rings is 1. The lowest BCUT2D eigenvalue weighted by molar-refractivity contribution is -0.667. The summed E-state index contributed by atoms with van der Waals surface area (Å²) >= 11 is 0. The monoisotopic (exact) mass is 366 g/mol. The second-order valence-electron chi connectivity index (χ2n) is 6.52. The van der Waals surface area contributed by atoms with Crippen LogP contribution in [-0.2, 0) is 7.05 Å². The van der Waals surface area contributed by atoms with Crippen LogP contribution in [0, 0.1) is 44.7 Å². The Kier molecular flexibility index (Phi) is 2.38. The highest BCUT2D eigenvalue weighted by molar-refractivity contribution is 6.10. The molecular weight excluding hydrogens is 339 g/mol. The maximum absolute atomic E-state index is 14.9. The summed E-state index contributed by atoms with van der Waals surface area (Å²) in [6.07, 6.45) is 0. The molecule has 0 N–H and O–H groups in total. The van der Waals surface area contributed by atoms with Crippen molar-refractivity contribution in [2.24, 2.45) is 7.05 Å². The van der Waals surface area contributed by atoms with Crippen LogP contribution in [0.2, 0.25) is 0 Å². The van der Waals surface area contributed by atoms with E-state index in [1.54, 1.807) is 38.2 Å². The molecule has 4 heteroatoms. The number of halogens is 1. The molecule has 4 aromatic rings. The lowest BCUT2D eigenvalue weighted by Crippen LogP contribution is -2.36. The summed E-state index contributed by atoms with van der Waals surface area (Å²) in [4.78, 5) is 0. The van der Waals surface area contributed by atoms with Gasteiger partial charge in [0.25, 0.3) is 0 Å². The molecule has 0 aliphatic heterocycles. The summed E-state index contributed by atoms with van der Waals surface area (Å²) in [5, 5.41) is 10.1. The smallest absolute Gasteiger partial charge is 0.216 e. The Morgan fingerprint density at radius 2 is 1.85 bits per heavy atom. The quantitative estimate of drug-likeness (QED) is 0.428. The van der Waals surface area contributed by atoms with Gasteiger partial charge >= 0.3 is 0 Å². The zero-order valence-corrected chi connectivity index (χ0v) is 15.0. The zero-order valence-electron chi connectivity index (χ0n) is 22.0. The van der Waals surface area contributed by atoms with E-state index in [0.717, 1.165) is 0 Å². The van der Waals surface area contributed by atoms with Crippen LogP contribution in [0.3, 0.4) is 0 Å². The van der Waals surface area contributed by atoms with Crippen LogP contribution in [-0.4, -0.2) is 0 Å². The van der Waals surface area contributed by atoms with E-state index in [1.807, 2.05) is 0 Å². The standard InChI is InChI=1S/C23H20FN2O/c1-12-6-8-17-18-9-7-16(11-25)21(24)23(18)27-22(17)20(12)19-10-13(2)14(3)15(4)26(19)5/h6-10H,1-5H3/q+1/i2D3,3D3,10D. The molecule has 0 aliphatic carbocycles. The molecule has 2 heterocycles. The Labute approximate surface area is 167 Å². The molecule has 0 saturated carbocycles. The van der Waals surface area contributed by atoms with E-state index in [2.05, 4.69) is 0 Å². The number of pyridine rings is 1. The Bertz CT molecular complexity index is 1540. The van der Waals surface area contributed by atoms with Crippen molar-refractivity contribution in [2.45, 2.75) is 27.6 Å². The average Bonchev–Trinajstić information content (AvgIpc) is 3.10. The van der Waals surface area contributed by atoms with Crippen molar-refractivity contribution >= 4 is 21.9 Å². The third kappa shape index (κ3) is 2.35. The van der Waals surface area contributed by atoms with Crippen LogP contribution in [0.4, 0.5) is 4.39 Å². The van der Waals surface area contributed by atoms with Crippen molar-refractivity contribution in [3.05, 3.63) is 64.1 Å². The van der Waals surface area contributed by atoms with Gasteiger partial charge in [0.05, 0.1) is 12.5 Å². The van der Waals surface area contributed by atoms with Gasteiger partial charge in [0.2, 0.25) is 5.69 Å². The van der Waals surface area contributed by atoms with Crippen LogP contribution in [0.5, 0.6) is 0 Å². The van der Waals surface area contributed by atoms with Gasteiger partial charge in [0.15, 0.2) is 17.1 Å². The van der Waals surface area contributed by atoms with Gasteiger partial charge in [-0.2, -0.15) is 9.83 Å². The predicted molar refractivity (Wildman–Crippen MR) is 104 cm³/mol. The van der Waals surface area contributed by atoms with Gasteiger partial charge in [-0.25, -0.2) is 4.39 Å². The first-order chi connectivity index (χ1) is 15.7. The molecule has 0 unspecified atom stereocenters. The molecule has 4 rings (SSSR count). The van der Waals surface area contributed by atoms with Crippen LogP contribution >= 0.6 is 0 Å². The van der Waals surface area contributed by atoms with E-state index >= 15 is 0 Å². The molecule has 2 aromatic heterocycles. The third-order valence-electron chi connectivity index (χ3n) is 5.01. The van der Waals surface area contributed by atoms with E-state index in [9.17, 15) is 9.65 Å². The molecule has 0 fully saturated rings. The molecule has 0 amide bonds. The van der Waals surface area contributed by atoms with Crippen LogP contribution in [0.1, 0.15) is 37.5 Å². The molecular formula is C23H20FN2O+. The topological polar surface area (TPSA) is 40.8 Å². The lowest BCUT2D eigenvalue weighted by atomic mass is 9.98. The maximum Gasteiger partial charge on any atom is 0.216 e. The fourth-order valence-corrected chi connectivity index (χ4v) is 3.36. The fourth-order valence-electron chi connectivity index (χ4n) is 3.36. The summed E-state index contributed by atoms with van der Waals surface area (Å²) in [7, 11) is 1.55. The van der Waals surface area contributed by atoms with E-state index < -0.39 is 31.1 Å². The van der Waals surface area contributed by atoms with E-state index in [1.165, 1.54) is 17.6 Å². The van der Waals surface area contributed by atoms with Crippen molar-refractivity contribution in [2.75, 3.05) is 0 Å². The van der Waals surface area contributed by atoms with Crippen molar-refractivity contribution < 1.29 is 23.0 Å². The first kappa shape index (κ1) is 10.8. The minimum atomic E-state index is -2.86. The predicted octanol–water partition coefficient (Wildman–Crippen LogP) is 5.32. The van der Waals surface area contributed by atoms with Crippen LogP contribution in [0.25, 0.3) is 33.2 Å². The summed E-state index contributed by atoms with van der Waals surface area (Å²) in [5.74, 6) is -0.813. The van der Waals surface area contributed by atoms with Gasteiger partial charge in [-0.15, -0.1) is 0 Å². The Balaban J connectivity index is 2.23. The molecule has 27 heavy (non-hydrogen) atoms. The third-order valence-corrected chi connectivity index (χ3v) is 5.01. The second kappa shape index (κ2) is 5.92. The number of fused-ring (bicyclic) bond motifs is 3. The number of hydrogen-bond donors (Lipinski definition) is 0. The Hall–Kier alpha value is -3.19. The minimum absolute atomic E-state index is 0.123. The normalized spacial score (nSPS) is 16.0. The molecule has 0 saturated heterocycles. The van der Waals surface area contributed by atoms with Gasteiger partial charge in [0.1, 0.15) is 18.7 Å². The highest BCUT2D eigenvalue weighted by Crippen LogP contribution is 2.38. The first-order valence-electron chi connectivity index (χ1n) is 11.8. The number of aromatic nitrogens is 1. The molecule has 3 nitrogen and oxygen atoms in total. The zero-order chi connectivity index (χ0) is 25.3. The van der Waals surface area contributed by atoms with Crippen molar-refractivity contribution in [3.8, 4) is 17.3 Å². The second-order valence-corrected chi connectivity index (χ2v) is 6.52. The van der Waals surface area contributed by atoms with Crippen LogP contribution < -0.4 is 4.57 Å². The highest BCUT2D eigenvalue weighted by Gasteiger charge is 2.24. The summed E-state index contributed by atoms with van der Waals surface area (Å²) in [5.41, 5.74) is 0.249. The van der Waals surface area contributed by atoms with E-state index in [4.69, 9.17) is 14.0 Å². The number of hydrogen-bond acceptors (Lipinski definition) is 2. The van der Waals surface area contributed by atoms with Crippen molar-refractivity contribution in [1.82, 2.24) is 0 Å². The molecule has 0 radical (unpaired) electrons. The van der Waals surface area contributed by atoms with Gasteiger partial charge in [-0.1, -0.05) is 12.1 Å². The average molecular weight is 366 g/mol. The summed E-state index contributed by atoms with van der Waals surface area (Å²) < 4.78 is 78.8. The minimum Gasteiger partial charge on any atom is -0.452 e. The SMILES string of the molecule is [2H]c1c(C([2H])([2H])[2H])c(C([2H])([2H])[2H])c(C)[n+](C)c1-c1c(C)ccc2c1oc1c(F)c(C#N)ccc12. The number of nitrogens with zero attached hydrogens (tertiary/aromatic N) is 2. The van der Waals surface area contributed by atoms with Crippen molar-refractivity contribution in [3.63, 3.8) is 0 Å². The van der Waals surface area contributed by atoms with Gasteiger partial charge < -0.3 is 4.42 Å². The summed E-state index contributed by atoms with van der Waals surface area (Å²) in [6.45, 7) is -2.39. The number of nitriles is 1. The van der Waals surface area contributed by atoms with Gasteiger partial charge in [-0.3, -0.25) is 0 Å². The molecule has 0 bridgehead atoms. The highest BCUT2D eigenvalue weighted by atomic mass is 19.1. The van der Waals surface area contributed by atoms with Gasteiger partial charge in [-0.05, 0) is 43.9 Å². The molecule has 0 aliphatic rings. The number of rotatable bonds is 1.